The molecule has 2 aromatic rings. The van der Waals surface area contributed by atoms with Crippen LogP contribution in [0.25, 0.3) is 0 Å². The molecule has 158 valence electrons. The fourth-order valence-electron chi connectivity index (χ4n) is 3.13. The highest BCUT2D eigenvalue weighted by molar-refractivity contribution is 7.89. The molecule has 0 aliphatic rings. The SMILES string of the molecule is CCN(CC)S(=O)(=O)c1ccc(OC)c(NC(=O)C[NH+](C)Cc2ccccc2)c1. The molecule has 7 nitrogen and oxygen atoms in total. The summed E-state index contributed by atoms with van der Waals surface area (Å²) in [6, 6.07) is 14.4. The van der Waals surface area contributed by atoms with Crippen LogP contribution in [-0.4, -0.2) is 52.4 Å². The summed E-state index contributed by atoms with van der Waals surface area (Å²) >= 11 is 0. The third kappa shape index (κ3) is 6.03. The lowest BCUT2D eigenvalue weighted by molar-refractivity contribution is -0.885. The zero-order valence-corrected chi connectivity index (χ0v) is 18.3. The molecule has 0 aliphatic heterocycles. The van der Waals surface area contributed by atoms with Crippen molar-refractivity contribution in [3.63, 3.8) is 0 Å². The minimum absolute atomic E-state index is 0.127. The summed E-state index contributed by atoms with van der Waals surface area (Å²) in [4.78, 5) is 13.7. The Bertz CT molecular complexity index is 913. The number of nitrogens with zero attached hydrogens (tertiary/aromatic N) is 1. The van der Waals surface area contributed by atoms with Gasteiger partial charge in [0.05, 0.1) is 24.7 Å². The minimum Gasteiger partial charge on any atom is -0.495 e. The fourth-order valence-corrected chi connectivity index (χ4v) is 4.62. The molecule has 1 atom stereocenters. The van der Waals surface area contributed by atoms with E-state index in [1.54, 1.807) is 19.9 Å². The molecule has 0 aliphatic carbocycles. The van der Waals surface area contributed by atoms with Gasteiger partial charge in [-0.25, -0.2) is 8.42 Å². The van der Waals surface area contributed by atoms with Crippen LogP contribution >= 0.6 is 0 Å². The molecule has 1 unspecified atom stereocenters. The van der Waals surface area contributed by atoms with E-state index >= 15 is 0 Å². The maximum Gasteiger partial charge on any atom is 0.279 e. The number of sulfonamides is 1. The number of rotatable bonds is 10. The highest BCUT2D eigenvalue weighted by atomic mass is 32.2. The van der Waals surface area contributed by atoms with Crippen molar-refractivity contribution in [1.82, 2.24) is 4.31 Å². The summed E-state index contributed by atoms with van der Waals surface area (Å²) in [5.74, 6) is 0.201. The van der Waals surface area contributed by atoms with Gasteiger partial charge in [0.2, 0.25) is 10.0 Å². The van der Waals surface area contributed by atoms with E-state index < -0.39 is 10.0 Å². The molecule has 29 heavy (non-hydrogen) atoms. The molecule has 0 spiro atoms. The fraction of sp³-hybridized carbons (Fsp3) is 0.381. The van der Waals surface area contributed by atoms with Crippen molar-refractivity contribution in [1.29, 1.82) is 0 Å². The molecule has 2 aromatic carbocycles. The van der Waals surface area contributed by atoms with Crippen molar-refractivity contribution in [3.05, 3.63) is 54.1 Å². The average Bonchev–Trinajstić information content (AvgIpc) is 2.69. The Hall–Kier alpha value is -2.42. The standard InChI is InChI=1S/C21H29N3O4S/c1-5-24(6-2)29(26,27)18-12-13-20(28-4)19(14-18)22-21(25)16-23(3)15-17-10-8-7-9-11-17/h7-14H,5-6,15-16H2,1-4H3,(H,22,25)/p+1. The molecular formula is C21H30N3O4S+. The first kappa shape index (κ1) is 22.9. The number of amides is 1. The van der Waals surface area contributed by atoms with Gasteiger partial charge >= 0.3 is 0 Å². The Balaban J connectivity index is 2.15. The quantitative estimate of drug-likeness (QED) is 0.609. The molecule has 0 heterocycles. The molecule has 0 aromatic heterocycles. The first-order chi connectivity index (χ1) is 13.8. The molecule has 0 bridgehead atoms. The zero-order chi connectivity index (χ0) is 21.4. The zero-order valence-electron chi connectivity index (χ0n) is 17.4. The summed E-state index contributed by atoms with van der Waals surface area (Å²) in [7, 11) is -0.209. The number of hydrogen-bond donors (Lipinski definition) is 2. The molecule has 2 N–H and O–H groups in total. The van der Waals surface area contributed by atoms with Crippen molar-refractivity contribution in [3.8, 4) is 5.75 Å². The largest absolute Gasteiger partial charge is 0.495 e. The third-order valence-corrected chi connectivity index (χ3v) is 6.65. The molecule has 8 heteroatoms. The topological polar surface area (TPSA) is 80.2 Å². The molecular weight excluding hydrogens is 390 g/mol. The van der Waals surface area contributed by atoms with Crippen LogP contribution in [0.4, 0.5) is 5.69 Å². The Morgan fingerprint density at radius 3 is 2.34 bits per heavy atom. The number of likely N-dealkylation sites (N-methyl/N-ethyl adjacent to an activating group) is 1. The molecule has 1 amide bonds. The summed E-state index contributed by atoms with van der Waals surface area (Å²) in [5, 5.41) is 2.80. The summed E-state index contributed by atoms with van der Waals surface area (Å²) in [6.45, 7) is 5.28. The first-order valence-corrected chi connectivity index (χ1v) is 11.1. The number of anilines is 1. The number of carbonyl (C=O) groups is 1. The predicted molar refractivity (Wildman–Crippen MR) is 114 cm³/mol. The minimum atomic E-state index is -3.63. The molecule has 0 saturated heterocycles. The van der Waals surface area contributed by atoms with Gasteiger partial charge < -0.3 is 15.0 Å². The van der Waals surface area contributed by atoms with Crippen LogP contribution < -0.4 is 15.0 Å². The maximum absolute atomic E-state index is 12.8. The van der Waals surface area contributed by atoms with E-state index in [-0.39, 0.29) is 17.3 Å². The van der Waals surface area contributed by atoms with E-state index in [2.05, 4.69) is 5.32 Å². The Morgan fingerprint density at radius 1 is 1.10 bits per heavy atom. The molecule has 0 saturated carbocycles. The van der Waals surface area contributed by atoms with E-state index in [0.717, 1.165) is 10.5 Å². The van der Waals surface area contributed by atoms with E-state index in [0.29, 0.717) is 31.1 Å². The highest BCUT2D eigenvalue weighted by Gasteiger charge is 2.23. The van der Waals surface area contributed by atoms with Crippen molar-refractivity contribution in [2.45, 2.75) is 25.3 Å². The first-order valence-electron chi connectivity index (χ1n) is 9.65. The molecule has 2 rings (SSSR count). The van der Waals surface area contributed by atoms with Crippen LogP contribution in [-0.2, 0) is 21.4 Å². The van der Waals surface area contributed by atoms with Gasteiger partial charge in [-0.2, -0.15) is 4.31 Å². The van der Waals surface area contributed by atoms with Crippen molar-refractivity contribution in [2.75, 3.05) is 39.1 Å². The molecule has 0 radical (unpaired) electrons. The van der Waals surface area contributed by atoms with Gasteiger partial charge in [0, 0.05) is 18.7 Å². The van der Waals surface area contributed by atoms with Crippen LogP contribution in [0.2, 0.25) is 0 Å². The smallest absolute Gasteiger partial charge is 0.279 e. The Labute approximate surface area is 173 Å². The van der Waals surface area contributed by atoms with Gasteiger partial charge in [0.1, 0.15) is 12.3 Å². The van der Waals surface area contributed by atoms with Crippen LogP contribution in [0, 0.1) is 0 Å². The summed E-state index contributed by atoms with van der Waals surface area (Å²) < 4.78 is 32.2. The van der Waals surface area contributed by atoms with Gasteiger partial charge in [-0.05, 0) is 18.2 Å². The van der Waals surface area contributed by atoms with Gasteiger partial charge in [-0.3, -0.25) is 4.79 Å². The number of quaternary nitrogens is 1. The Morgan fingerprint density at radius 2 is 1.76 bits per heavy atom. The van der Waals surface area contributed by atoms with E-state index in [1.807, 2.05) is 37.4 Å². The van der Waals surface area contributed by atoms with Crippen LogP contribution in [0.3, 0.4) is 0 Å². The summed E-state index contributed by atoms with van der Waals surface area (Å²) in [6.07, 6.45) is 0. The number of nitrogens with one attached hydrogen (secondary N) is 2. The van der Waals surface area contributed by atoms with Crippen LogP contribution in [0.5, 0.6) is 5.75 Å². The normalized spacial score (nSPS) is 12.6. The number of methoxy groups -OCH3 is 1. The number of benzene rings is 2. The predicted octanol–water partition coefficient (Wildman–Crippen LogP) is 1.38. The second-order valence-corrected chi connectivity index (χ2v) is 8.73. The van der Waals surface area contributed by atoms with Crippen LogP contribution in [0.1, 0.15) is 19.4 Å². The lowest BCUT2D eigenvalue weighted by atomic mass is 10.2. The monoisotopic (exact) mass is 420 g/mol. The van der Waals surface area contributed by atoms with E-state index in [4.69, 9.17) is 4.74 Å². The average molecular weight is 421 g/mol. The van der Waals surface area contributed by atoms with Gasteiger partial charge in [0.25, 0.3) is 5.91 Å². The third-order valence-electron chi connectivity index (χ3n) is 4.60. The highest BCUT2D eigenvalue weighted by Crippen LogP contribution is 2.28. The number of carbonyl (C=O) groups excluding carboxylic acids is 1. The Kier molecular flexibility index (Phi) is 8.19. The van der Waals surface area contributed by atoms with E-state index in [1.165, 1.54) is 23.5 Å². The van der Waals surface area contributed by atoms with Crippen molar-refractivity contribution in [2.24, 2.45) is 0 Å². The van der Waals surface area contributed by atoms with Gasteiger partial charge in [0.15, 0.2) is 6.54 Å². The van der Waals surface area contributed by atoms with E-state index in [9.17, 15) is 13.2 Å². The van der Waals surface area contributed by atoms with Crippen molar-refractivity contribution < 1.29 is 22.8 Å². The summed E-state index contributed by atoms with van der Waals surface area (Å²) in [5.41, 5.74) is 1.49. The maximum atomic E-state index is 12.8. The van der Waals surface area contributed by atoms with Gasteiger partial charge in [-0.15, -0.1) is 0 Å². The molecule has 0 fully saturated rings. The van der Waals surface area contributed by atoms with Gasteiger partial charge in [-0.1, -0.05) is 44.2 Å². The van der Waals surface area contributed by atoms with Crippen molar-refractivity contribution >= 4 is 21.6 Å². The number of ether oxygens (including phenoxy) is 1. The number of hydrogen-bond acceptors (Lipinski definition) is 4. The second-order valence-electron chi connectivity index (χ2n) is 6.80. The second kappa shape index (κ2) is 10.4. The lowest BCUT2D eigenvalue weighted by Crippen LogP contribution is -3.08. The lowest BCUT2D eigenvalue weighted by Gasteiger charge is -2.20. The van der Waals surface area contributed by atoms with Crippen LogP contribution in [0.15, 0.2) is 53.4 Å².